The van der Waals surface area contributed by atoms with Gasteiger partial charge in [0.2, 0.25) is 11.7 Å². The molecular formula is C19H17ClN4O3S2. The summed E-state index contributed by atoms with van der Waals surface area (Å²) in [6.07, 6.45) is 0.702. The van der Waals surface area contributed by atoms with Gasteiger partial charge in [-0.15, -0.1) is 11.3 Å². The minimum Gasteiger partial charge on any atom is -0.385 e. The van der Waals surface area contributed by atoms with E-state index in [1.807, 2.05) is 17.5 Å². The molecule has 0 saturated carbocycles. The molecule has 0 aliphatic heterocycles. The lowest BCUT2D eigenvalue weighted by Gasteiger charge is -2.12. The summed E-state index contributed by atoms with van der Waals surface area (Å²) in [6.45, 7) is 1.06. The van der Waals surface area contributed by atoms with Gasteiger partial charge >= 0.3 is 0 Å². The van der Waals surface area contributed by atoms with Gasteiger partial charge < -0.3 is 9.26 Å². The van der Waals surface area contributed by atoms with Gasteiger partial charge in [-0.3, -0.25) is 9.36 Å². The number of aromatic nitrogens is 4. The van der Waals surface area contributed by atoms with E-state index in [9.17, 15) is 4.79 Å². The Hall–Kier alpha value is -2.20. The molecule has 0 saturated heterocycles. The fourth-order valence-electron chi connectivity index (χ4n) is 2.79. The van der Waals surface area contributed by atoms with Gasteiger partial charge in [-0.05, 0) is 36.1 Å². The minimum atomic E-state index is -0.102. The van der Waals surface area contributed by atoms with Crippen LogP contribution in [0, 0.1) is 0 Å². The Morgan fingerprint density at radius 2 is 2.21 bits per heavy atom. The van der Waals surface area contributed by atoms with Crippen LogP contribution in [-0.2, 0) is 17.0 Å². The number of benzene rings is 1. The maximum atomic E-state index is 13.0. The van der Waals surface area contributed by atoms with Crippen LogP contribution in [0.4, 0.5) is 0 Å². The van der Waals surface area contributed by atoms with E-state index >= 15 is 0 Å². The molecule has 3 aromatic heterocycles. The van der Waals surface area contributed by atoms with Crippen LogP contribution in [0.5, 0.6) is 0 Å². The molecular weight excluding hydrogens is 432 g/mol. The second-order valence-electron chi connectivity index (χ2n) is 6.14. The molecule has 29 heavy (non-hydrogen) atoms. The highest BCUT2D eigenvalue weighted by atomic mass is 35.5. The SMILES string of the molecule is COCCCn1c(SCc2nc(-c3cccs3)no2)nc2cc(Cl)ccc2c1=O. The van der Waals surface area contributed by atoms with Crippen LogP contribution in [0.25, 0.3) is 21.6 Å². The van der Waals surface area contributed by atoms with E-state index in [0.29, 0.717) is 58.1 Å². The summed E-state index contributed by atoms with van der Waals surface area (Å²) in [5.74, 6) is 1.44. The molecule has 0 amide bonds. The van der Waals surface area contributed by atoms with Gasteiger partial charge in [0.1, 0.15) is 0 Å². The highest BCUT2D eigenvalue weighted by molar-refractivity contribution is 7.98. The largest absolute Gasteiger partial charge is 0.385 e. The Kier molecular flexibility index (Phi) is 6.29. The Labute approximate surface area is 179 Å². The first kappa shape index (κ1) is 20.1. The first-order valence-electron chi connectivity index (χ1n) is 8.84. The van der Waals surface area contributed by atoms with Gasteiger partial charge in [-0.2, -0.15) is 4.98 Å². The van der Waals surface area contributed by atoms with Crippen LogP contribution < -0.4 is 5.56 Å². The summed E-state index contributed by atoms with van der Waals surface area (Å²) < 4.78 is 12.1. The molecule has 0 unspecified atom stereocenters. The van der Waals surface area contributed by atoms with Gasteiger partial charge in [0.25, 0.3) is 5.56 Å². The predicted octanol–water partition coefficient (Wildman–Crippen LogP) is 4.49. The molecule has 3 heterocycles. The van der Waals surface area contributed by atoms with Crippen molar-refractivity contribution < 1.29 is 9.26 Å². The van der Waals surface area contributed by atoms with Crippen molar-refractivity contribution >= 4 is 45.6 Å². The quantitative estimate of drug-likeness (QED) is 0.223. The number of hydrogen-bond donors (Lipinski definition) is 0. The van der Waals surface area contributed by atoms with E-state index in [0.717, 1.165) is 4.88 Å². The normalized spacial score (nSPS) is 11.4. The topological polar surface area (TPSA) is 83.0 Å². The number of nitrogens with zero attached hydrogens (tertiary/aromatic N) is 4. The van der Waals surface area contributed by atoms with E-state index in [4.69, 9.17) is 20.9 Å². The van der Waals surface area contributed by atoms with Crippen LogP contribution in [0.15, 0.2) is 50.2 Å². The Balaban J connectivity index is 1.62. The van der Waals surface area contributed by atoms with Gasteiger partial charge in [-0.25, -0.2) is 4.98 Å². The van der Waals surface area contributed by atoms with Crippen molar-refractivity contribution in [3.63, 3.8) is 0 Å². The van der Waals surface area contributed by atoms with Crippen LogP contribution in [0.2, 0.25) is 5.02 Å². The van der Waals surface area contributed by atoms with Crippen molar-refractivity contribution in [2.24, 2.45) is 0 Å². The predicted molar refractivity (Wildman–Crippen MR) is 115 cm³/mol. The van der Waals surface area contributed by atoms with Crippen molar-refractivity contribution in [3.8, 4) is 10.7 Å². The average Bonchev–Trinajstić information content (AvgIpc) is 3.40. The van der Waals surface area contributed by atoms with Gasteiger partial charge in [-0.1, -0.05) is 34.6 Å². The number of fused-ring (bicyclic) bond motifs is 1. The molecule has 4 aromatic rings. The van der Waals surface area contributed by atoms with E-state index in [1.165, 1.54) is 11.8 Å². The smallest absolute Gasteiger partial charge is 0.262 e. The zero-order valence-corrected chi connectivity index (χ0v) is 17.9. The van der Waals surface area contributed by atoms with Crippen LogP contribution >= 0.6 is 34.7 Å². The molecule has 0 spiro atoms. The third-order valence-corrected chi connectivity index (χ3v) is 6.21. The molecule has 0 bridgehead atoms. The summed E-state index contributed by atoms with van der Waals surface area (Å²) in [5, 5.41) is 7.64. The molecule has 7 nitrogen and oxygen atoms in total. The fourth-order valence-corrected chi connectivity index (χ4v) is 4.47. The second kappa shape index (κ2) is 9.08. The van der Waals surface area contributed by atoms with Crippen molar-refractivity contribution in [1.82, 2.24) is 19.7 Å². The molecule has 4 rings (SSSR count). The van der Waals surface area contributed by atoms with Crippen molar-refractivity contribution in [1.29, 1.82) is 0 Å². The average molecular weight is 449 g/mol. The molecule has 0 fully saturated rings. The highest BCUT2D eigenvalue weighted by Gasteiger charge is 2.15. The second-order valence-corrected chi connectivity index (χ2v) is 8.46. The number of thiophene rings is 1. The molecule has 0 atom stereocenters. The van der Waals surface area contributed by atoms with Crippen LogP contribution in [0.1, 0.15) is 12.3 Å². The summed E-state index contributed by atoms with van der Waals surface area (Å²) in [7, 11) is 1.64. The molecule has 150 valence electrons. The Bertz CT molecular complexity index is 1170. The van der Waals surface area contributed by atoms with Crippen LogP contribution in [0.3, 0.4) is 0 Å². The summed E-state index contributed by atoms with van der Waals surface area (Å²) in [4.78, 5) is 23.0. The molecule has 0 radical (unpaired) electrons. The van der Waals surface area contributed by atoms with Crippen molar-refractivity contribution in [2.45, 2.75) is 23.9 Å². The van der Waals surface area contributed by atoms with Crippen LogP contribution in [-0.4, -0.2) is 33.4 Å². The maximum Gasteiger partial charge on any atom is 0.262 e. The van der Waals surface area contributed by atoms with Crippen molar-refractivity contribution in [2.75, 3.05) is 13.7 Å². The number of ether oxygens (including phenoxy) is 1. The molecule has 1 aromatic carbocycles. The molecule has 0 aliphatic rings. The lowest BCUT2D eigenvalue weighted by atomic mass is 10.2. The number of hydrogen-bond acceptors (Lipinski definition) is 8. The molecule has 10 heteroatoms. The first-order chi connectivity index (χ1) is 14.2. The fraction of sp³-hybridized carbons (Fsp3) is 0.263. The number of methoxy groups -OCH3 is 1. The zero-order valence-electron chi connectivity index (χ0n) is 15.5. The minimum absolute atomic E-state index is 0.102. The van der Waals surface area contributed by atoms with Gasteiger partial charge in [0.05, 0.1) is 21.5 Å². The third-order valence-electron chi connectivity index (χ3n) is 4.15. The maximum absolute atomic E-state index is 13.0. The van der Waals surface area contributed by atoms with Gasteiger partial charge in [0, 0.05) is 25.3 Å². The number of thioether (sulfide) groups is 1. The lowest BCUT2D eigenvalue weighted by molar-refractivity contribution is 0.189. The third kappa shape index (κ3) is 4.53. The van der Waals surface area contributed by atoms with E-state index in [2.05, 4.69) is 15.1 Å². The highest BCUT2D eigenvalue weighted by Crippen LogP contribution is 2.26. The summed E-state index contributed by atoms with van der Waals surface area (Å²) in [5.41, 5.74) is 0.466. The van der Waals surface area contributed by atoms with Gasteiger partial charge in [0.15, 0.2) is 5.16 Å². The summed E-state index contributed by atoms with van der Waals surface area (Å²) in [6, 6.07) is 8.98. The van der Waals surface area contributed by atoms with E-state index in [-0.39, 0.29) is 5.56 Å². The van der Waals surface area contributed by atoms with E-state index < -0.39 is 0 Å². The van der Waals surface area contributed by atoms with Crippen molar-refractivity contribution in [3.05, 3.63) is 57.0 Å². The number of halogens is 1. The standard InChI is InChI=1S/C19H17ClN4O3S2/c1-26-8-3-7-24-18(25)13-6-5-12(20)10-14(13)21-19(24)29-11-16-22-17(23-27-16)15-4-2-9-28-15/h2,4-6,9-10H,3,7-8,11H2,1H3. The molecule has 0 N–H and O–H groups in total. The van der Waals surface area contributed by atoms with E-state index in [1.54, 1.807) is 41.2 Å². The number of rotatable bonds is 8. The zero-order chi connectivity index (χ0) is 20.2. The molecule has 0 aliphatic carbocycles. The summed E-state index contributed by atoms with van der Waals surface area (Å²) >= 11 is 9.01. The Morgan fingerprint density at radius 1 is 1.31 bits per heavy atom. The lowest BCUT2D eigenvalue weighted by Crippen LogP contribution is -2.24. The Morgan fingerprint density at radius 3 is 3.00 bits per heavy atom. The monoisotopic (exact) mass is 448 g/mol. The first-order valence-corrected chi connectivity index (χ1v) is 11.1.